The van der Waals surface area contributed by atoms with Crippen LogP contribution in [0.5, 0.6) is 0 Å². The van der Waals surface area contributed by atoms with Gasteiger partial charge in [-0.3, -0.25) is 9.59 Å². The maximum Gasteiger partial charge on any atom is 0.227 e. The highest BCUT2D eigenvalue weighted by Crippen LogP contribution is 2.25. The summed E-state index contributed by atoms with van der Waals surface area (Å²) in [7, 11) is 0. The van der Waals surface area contributed by atoms with Crippen molar-refractivity contribution in [1.29, 1.82) is 0 Å². The monoisotopic (exact) mass is 378 g/mol. The summed E-state index contributed by atoms with van der Waals surface area (Å²) < 4.78 is 0. The number of carbonyl (C=O) groups is 2. The molecule has 5 heteroatoms. The molecule has 4 nitrogen and oxygen atoms in total. The molecule has 1 heterocycles. The van der Waals surface area contributed by atoms with E-state index in [0.717, 1.165) is 30.0 Å². The summed E-state index contributed by atoms with van der Waals surface area (Å²) in [5.41, 5.74) is 0.202. The molecule has 2 amide bonds. The molecule has 0 aromatic heterocycles. The van der Waals surface area contributed by atoms with E-state index in [1.54, 1.807) is 0 Å². The molecule has 1 saturated heterocycles. The third kappa shape index (κ3) is 5.47. The van der Waals surface area contributed by atoms with Gasteiger partial charge < -0.3 is 10.2 Å². The fraction of sp³-hybridized carbons (Fsp3) is 0.619. The zero-order chi connectivity index (χ0) is 19.5. The van der Waals surface area contributed by atoms with Gasteiger partial charge in [0.25, 0.3) is 0 Å². The number of hydrogen-bond acceptors (Lipinski definition) is 2. The summed E-state index contributed by atoms with van der Waals surface area (Å²) in [6.07, 6.45) is 2.35. The second-order valence-electron chi connectivity index (χ2n) is 8.98. The molecule has 2 rings (SSSR count). The van der Waals surface area contributed by atoms with Gasteiger partial charge in [-0.2, -0.15) is 0 Å². The summed E-state index contributed by atoms with van der Waals surface area (Å²) in [5, 5.41) is 3.88. The number of halogens is 1. The molecule has 1 unspecified atom stereocenters. The van der Waals surface area contributed by atoms with Crippen LogP contribution in [0.4, 0.5) is 0 Å². The molecule has 1 aliphatic heterocycles. The second-order valence-corrected chi connectivity index (χ2v) is 9.39. The summed E-state index contributed by atoms with van der Waals surface area (Å²) in [4.78, 5) is 27.2. The van der Waals surface area contributed by atoms with E-state index in [0.29, 0.717) is 13.0 Å². The minimum Gasteiger partial charge on any atom is -0.351 e. The topological polar surface area (TPSA) is 49.4 Å². The lowest BCUT2D eigenvalue weighted by Crippen LogP contribution is -2.53. The third-order valence-corrected chi connectivity index (χ3v) is 5.14. The molecule has 144 valence electrons. The molecular formula is C21H31ClN2O2. The van der Waals surface area contributed by atoms with E-state index >= 15 is 0 Å². The zero-order valence-corrected chi connectivity index (χ0v) is 17.3. The van der Waals surface area contributed by atoms with Crippen molar-refractivity contribution in [3.8, 4) is 0 Å². The Morgan fingerprint density at radius 2 is 1.85 bits per heavy atom. The van der Waals surface area contributed by atoms with E-state index in [1.807, 2.05) is 63.8 Å². The number of hydrogen-bond donors (Lipinski definition) is 1. The van der Waals surface area contributed by atoms with E-state index < -0.39 is 11.0 Å². The van der Waals surface area contributed by atoms with Crippen LogP contribution in [-0.2, 0) is 16.0 Å². The van der Waals surface area contributed by atoms with Crippen LogP contribution in [0, 0.1) is 11.3 Å². The van der Waals surface area contributed by atoms with Crippen molar-refractivity contribution in [3.05, 3.63) is 34.9 Å². The molecule has 1 aliphatic rings. The normalized spacial score (nSPS) is 18.5. The number of nitrogens with zero attached hydrogens (tertiary/aromatic N) is 1. The van der Waals surface area contributed by atoms with Crippen molar-refractivity contribution in [2.75, 3.05) is 13.1 Å². The Bertz CT molecular complexity index is 664. The number of benzene rings is 1. The standard InChI is InChI=1S/C21H31ClN2O2/c1-20(2,3)19(26)24-12-8-10-16(14-24)18(25)23-21(4,5)13-15-9-6-7-11-17(15)22/h6-7,9,11,16H,8,10,12-14H2,1-5H3,(H,23,25). The van der Waals surface area contributed by atoms with Crippen LogP contribution in [0.3, 0.4) is 0 Å². The molecule has 0 saturated carbocycles. The number of nitrogens with one attached hydrogen (secondary N) is 1. The molecule has 0 bridgehead atoms. The molecule has 0 radical (unpaired) electrons. The predicted molar refractivity (Wildman–Crippen MR) is 106 cm³/mol. The van der Waals surface area contributed by atoms with E-state index in [-0.39, 0.29) is 17.7 Å². The van der Waals surface area contributed by atoms with Gasteiger partial charge in [0.05, 0.1) is 5.92 Å². The molecule has 0 aliphatic carbocycles. The summed E-state index contributed by atoms with van der Waals surface area (Å²) >= 11 is 6.26. The van der Waals surface area contributed by atoms with Crippen molar-refractivity contribution >= 4 is 23.4 Å². The fourth-order valence-electron chi connectivity index (χ4n) is 3.45. The Balaban J connectivity index is 1.99. The lowest BCUT2D eigenvalue weighted by atomic mass is 9.89. The third-order valence-electron chi connectivity index (χ3n) is 4.77. The highest BCUT2D eigenvalue weighted by Gasteiger charge is 2.34. The number of carbonyl (C=O) groups excluding carboxylic acids is 2. The van der Waals surface area contributed by atoms with Crippen LogP contribution in [0.2, 0.25) is 5.02 Å². The maximum atomic E-state index is 12.8. The average molecular weight is 379 g/mol. The van der Waals surface area contributed by atoms with Crippen molar-refractivity contribution in [2.24, 2.45) is 11.3 Å². The van der Waals surface area contributed by atoms with Crippen molar-refractivity contribution in [1.82, 2.24) is 10.2 Å². The number of rotatable bonds is 4. The first kappa shape index (κ1) is 20.8. The summed E-state index contributed by atoms with van der Waals surface area (Å²) in [6, 6.07) is 7.71. The molecule has 1 aromatic rings. The smallest absolute Gasteiger partial charge is 0.227 e. The number of likely N-dealkylation sites (tertiary alicyclic amines) is 1. The van der Waals surface area contributed by atoms with E-state index in [9.17, 15) is 9.59 Å². The minimum atomic E-state index is -0.415. The van der Waals surface area contributed by atoms with Crippen LogP contribution in [-0.4, -0.2) is 35.3 Å². The number of piperidine rings is 1. The van der Waals surface area contributed by atoms with Crippen LogP contribution in [0.15, 0.2) is 24.3 Å². The minimum absolute atomic E-state index is 0.0217. The lowest BCUT2D eigenvalue weighted by Gasteiger charge is -2.37. The van der Waals surface area contributed by atoms with Crippen LogP contribution in [0.1, 0.15) is 53.0 Å². The van der Waals surface area contributed by atoms with Crippen LogP contribution in [0.25, 0.3) is 0 Å². The van der Waals surface area contributed by atoms with Gasteiger partial charge in [0.2, 0.25) is 11.8 Å². The molecule has 1 N–H and O–H groups in total. The Labute approximate surface area is 162 Å². The van der Waals surface area contributed by atoms with Crippen molar-refractivity contribution in [2.45, 2.75) is 59.4 Å². The molecular weight excluding hydrogens is 348 g/mol. The predicted octanol–water partition coefficient (Wildman–Crippen LogP) is 4.06. The largest absolute Gasteiger partial charge is 0.351 e. The van der Waals surface area contributed by atoms with Gasteiger partial charge in [-0.25, -0.2) is 0 Å². The molecule has 26 heavy (non-hydrogen) atoms. The average Bonchev–Trinajstić information content (AvgIpc) is 2.55. The fourth-order valence-corrected chi connectivity index (χ4v) is 3.65. The first-order valence-electron chi connectivity index (χ1n) is 9.34. The van der Waals surface area contributed by atoms with Gasteiger partial charge >= 0.3 is 0 Å². The SMILES string of the molecule is CC(C)(Cc1ccccc1Cl)NC(=O)C1CCCN(C(=O)C(C)(C)C)C1. The van der Waals surface area contributed by atoms with Gasteiger partial charge in [0.1, 0.15) is 0 Å². The van der Waals surface area contributed by atoms with Gasteiger partial charge in [-0.1, -0.05) is 50.6 Å². The van der Waals surface area contributed by atoms with Gasteiger partial charge in [-0.15, -0.1) is 0 Å². The van der Waals surface area contributed by atoms with E-state index in [2.05, 4.69) is 5.32 Å². The Morgan fingerprint density at radius 3 is 2.46 bits per heavy atom. The Kier molecular flexibility index (Phi) is 6.38. The Morgan fingerprint density at radius 1 is 1.19 bits per heavy atom. The van der Waals surface area contributed by atoms with E-state index in [1.165, 1.54) is 0 Å². The van der Waals surface area contributed by atoms with Crippen LogP contribution < -0.4 is 5.32 Å². The maximum absolute atomic E-state index is 12.8. The molecule has 1 atom stereocenters. The van der Waals surface area contributed by atoms with Gasteiger partial charge in [0, 0.05) is 29.1 Å². The quantitative estimate of drug-likeness (QED) is 0.858. The first-order chi connectivity index (χ1) is 12.0. The van der Waals surface area contributed by atoms with Crippen molar-refractivity contribution in [3.63, 3.8) is 0 Å². The first-order valence-corrected chi connectivity index (χ1v) is 9.72. The second kappa shape index (κ2) is 7.99. The number of amides is 2. The highest BCUT2D eigenvalue weighted by atomic mass is 35.5. The molecule has 1 aromatic carbocycles. The lowest BCUT2D eigenvalue weighted by molar-refractivity contribution is -0.143. The van der Waals surface area contributed by atoms with Gasteiger partial charge in [0.15, 0.2) is 0 Å². The Hall–Kier alpha value is -1.55. The summed E-state index contributed by atoms with van der Waals surface area (Å²) in [6.45, 7) is 11.0. The molecule has 1 fully saturated rings. The highest BCUT2D eigenvalue weighted by molar-refractivity contribution is 6.31. The molecule has 0 spiro atoms. The zero-order valence-electron chi connectivity index (χ0n) is 16.6. The van der Waals surface area contributed by atoms with Crippen molar-refractivity contribution < 1.29 is 9.59 Å². The summed E-state index contributed by atoms with van der Waals surface area (Å²) in [5.74, 6) is -0.0145. The van der Waals surface area contributed by atoms with E-state index in [4.69, 9.17) is 11.6 Å². The van der Waals surface area contributed by atoms with Crippen LogP contribution >= 0.6 is 11.6 Å². The van der Waals surface area contributed by atoms with Gasteiger partial charge in [-0.05, 0) is 44.7 Å².